The largest absolute Gasteiger partial charge is 0.352 e. The van der Waals surface area contributed by atoms with E-state index in [2.05, 4.69) is 5.32 Å². The zero-order valence-corrected chi connectivity index (χ0v) is 23.6. The van der Waals surface area contributed by atoms with E-state index in [1.165, 1.54) is 17.9 Å². The van der Waals surface area contributed by atoms with Crippen molar-refractivity contribution >= 4 is 33.3 Å². The number of amides is 2. The molecule has 0 heterocycles. The number of benzene rings is 2. The summed E-state index contributed by atoms with van der Waals surface area (Å²) in [5.74, 6) is -0.918. The molecule has 1 saturated carbocycles. The Balaban J connectivity index is 1.94. The third kappa shape index (κ3) is 7.90. The van der Waals surface area contributed by atoms with Gasteiger partial charge in [-0.15, -0.1) is 0 Å². The van der Waals surface area contributed by atoms with Crippen molar-refractivity contribution in [2.24, 2.45) is 0 Å². The van der Waals surface area contributed by atoms with Crippen LogP contribution in [0, 0.1) is 6.92 Å². The quantitative estimate of drug-likeness (QED) is 0.429. The molecular weight excluding hydrogens is 502 g/mol. The number of anilines is 1. The fourth-order valence-electron chi connectivity index (χ4n) is 4.96. The van der Waals surface area contributed by atoms with Gasteiger partial charge in [0.2, 0.25) is 21.8 Å². The Morgan fingerprint density at radius 1 is 1.03 bits per heavy atom. The lowest BCUT2D eigenvalue weighted by Crippen LogP contribution is -2.54. The Hall–Kier alpha value is -3.20. The molecule has 0 aliphatic heterocycles. The van der Waals surface area contributed by atoms with Gasteiger partial charge in [0.15, 0.2) is 5.78 Å². The first-order valence-electron chi connectivity index (χ1n) is 13.2. The van der Waals surface area contributed by atoms with E-state index in [0.717, 1.165) is 53.8 Å². The van der Waals surface area contributed by atoms with E-state index in [0.29, 0.717) is 12.0 Å². The summed E-state index contributed by atoms with van der Waals surface area (Å²) in [5, 5.41) is 3.14. The first-order valence-corrected chi connectivity index (χ1v) is 15.1. The van der Waals surface area contributed by atoms with E-state index in [1.807, 2.05) is 38.1 Å². The first-order chi connectivity index (χ1) is 18.0. The lowest BCUT2D eigenvalue weighted by Gasteiger charge is -2.34. The summed E-state index contributed by atoms with van der Waals surface area (Å²) in [5.41, 5.74) is 2.45. The molecule has 2 aromatic rings. The molecule has 206 valence electrons. The Labute approximate surface area is 226 Å². The van der Waals surface area contributed by atoms with Crippen molar-refractivity contribution in [3.05, 3.63) is 65.2 Å². The van der Waals surface area contributed by atoms with Crippen LogP contribution in [-0.2, 0) is 26.2 Å². The Bertz CT molecular complexity index is 1250. The molecule has 38 heavy (non-hydrogen) atoms. The van der Waals surface area contributed by atoms with Crippen LogP contribution < -0.4 is 9.62 Å². The van der Waals surface area contributed by atoms with Gasteiger partial charge in [0.1, 0.15) is 12.6 Å². The molecule has 0 saturated heterocycles. The second-order valence-electron chi connectivity index (χ2n) is 10.2. The van der Waals surface area contributed by atoms with Crippen LogP contribution in [0.2, 0.25) is 0 Å². The van der Waals surface area contributed by atoms with Gasteiger partial charge in [0.25, 0.3) is 0 Å². The van der Waals surface area contributed by atoms with E-state index < -0.39 is 28.5 Å². The minimum absolute atomic E-state index is 0.0862. The summed E-state index contributed by atoms with van der Waals surface area (Å²) >= 11 is 0. The number of nitrogens with zero attached hydrogens (tertiary/aromatic N) is 2. The van der Waals surface area contributed by atoms with E-state index in [4.69, 9.17) is 0 Å². The lowest BCUT2D eigenvalue weighted by molar-refractivity contribution is -0.140. The molecule has 1 N–H and O–H groups in total. The fourth-order valence-corrected chi connectivity index (χ4v) is 5.81. The number of ketones is 1. The summed E-state index contributed by atoms with van der Waals surface area (Å²) < 4.78 is 26.6. The number of Topliss-reactive ketones (excluding diaryl/α,β-unsaturated/α-hetero) is 1. The molecule has 2 aromatic carbocycles. The van der Waals surface area contributed by atoms with Crippen molar-refractivity contribution in [1.82, 2.24) is 10.2 Å². The summed E-state index contributed by atoms with van der Waals surface area (Å²) in [6.07, 6.45) is 6.54. The molecule has 1 aliphatic carbocycles. The molecule has 1 atom stereocenters. The van der Waals surface area contributed by atoms with Gasteiger partial charge in [-0.2, -0.15) is 0 Å². The predicted octanol–water partition coefficient (Wildman–Crippen LogP) is 4.22. The highest BCUT2D eigenvalue weighted by molar-refractivity contribution is 7.92. The Morgan fingerprint density at radius 2 is 1.71 bits per heavy atom. The summed E-state index contributed by atoms with van der Waals surface area (Å²) in [7, 11) is -3.87. The van der Waals surface area contributed by atoms with Crippen molar-refractivity contribution in [1.29, 1.82) is 0 Å². The standard InChI is InChI=1S/C29H39N3O5S/c1-5-27(29(35)30-25-14-7-6-8-15-25)31(19-23-12-9-11-21(2)17-23)28(34)20-32(38(4,36)37)26-16-10-13-24(18-26)22(3)33/h9-13,16-18,25,27H,5-8,14-15,19-20H2,1-4H3,(H,30,35)/t27-/m0/s1. The molecule has 0 bridgehead atoms. The molecule has 0 radical (unpaired) electrons. The summed E-state index contributed by atoms with van der Waals surface area (Å²) in [4.78, 5) is 40.7. The van der Waals surface area contributed by atoms with Gasteiger partial charge in [-0.1, -0.05) is 68.1 Å². The smallest absolute Gasteiger partial charge is 0.244 e. The van der Waals surface area contributed by atoms with Gasteiger partial charge in [-0.25, -0.2) is 8.42 Å². The maximum absolute atomic E-state index is 13.9. The second-order valence-corrected chi connectivity index (χ2v) is 12.1. The van der Waals surface area contributed by atoms with Crippen LogP contribution in [0.25, 0.3) is 0 Å². The average Bonchev–Trinajstić information content (AvgIpc) is 2.87. The van der Waals surface area contributed by atoms with Crippen LogP contribution in [-0.4, -0.2) is 55.8 Å². The van der Waals surface area contributed by atoms with E-state index in [1.54, 1.807) is 18.2 Å². The second kappa shape index (κ2) is 13.0. The molecule has 1 fully saturated rings. The minimum Gasteiger partial charge on any atom is -0.352 e. The molecular formula is C29H39N3O5S. The van der Waals surface area contributed by atoms with Gasteiger partial charge in [0, 0.05) is 18.2 Å². The Morgan fingerprint density at radius 3 is 2.32 bits per heavy atom. The number of nitrogens with one attached hydrogen (secondary N) is 1. The topological polar surface area (TPSA) is 104 Å². The fraction of sp³-hybridized carbons (Fsp3) is 0.483. The van der Waals surface area contributed by atoms with Crippen molar-refractivity contribution < 1.29 is 22.8 Å². The van der Waals surface area contributed by atoms with E-state index in [-0.39, 0.29) is 30.0 Å². The van der Waals surface area contributed by atoms with Gasteiger partial charge in [-0.05, 0) is 50.8 Å². The third-order valence-corrected chi connectivity index (χ3v) is 8.13. The van der Waals surface area contributed by atoms with Crippen molar-refractivity contribution in [3.63, 3.8) is 0 Å². The van der Waals surface area contributed by atoms with Gasteiger partial charge in [0.05, 0.1) is 11.9 Å². The van der Waals surface area contributed by atoms with Crippen LogP contribution in [0.4, 0.5) is 5.69 Å². The zero-order valence-electron chi connectivity index (χ0n) is 22.8. The number of carbonyl (C=O) groups is 3. The normalized spacial score (nSPS) is 14.9. The van der Waals surface area contributed by atoms with Gasteiger partial charge in [-0.3, -0.25) is 18.7 Å². The highest BCUT2D eigenvalue weighted by Gasteiger charge is 2.33. The van der Waals surface area contributed by atoms with E-state index in [9.17, 15) is 22.8 Å². The van der Waals surface area contributed by atoms with Crippen LogP contribution in [0.3, 0.4) is 0 Å². The molecule has 0 unspecified atom stereocenters. The van der Waals surface area contributed by atoms with Crippen LogP contribution in [0.15, 0.2) is 48.5 Å². The van der Waals surface area contributed by atoms with Crippen LogP contribution in [0.5, 0.6) is 0 Å². The van der Waals surface area contributed by atoms with Crippen molar-refractivity contribution in [3.8, 4) is 0 Å². The Kier molecular flexibility index (Phi) is 10.1. The number of rotatable bonds is 11. The number of sulfonamides is 1. The summed E-state index contributed by atoms with van der Waals surface area (Å²) in [6, 6.07) is 13.2. The van der Waals surface area contributed by atoms with Gasteiger partial charge < -0.3 is 10.2 Å². The third-order valence-electron chi connectivity index (χ3n) is 6.99. The van der Waals surface area contributed by atoms with Crippen molar-refractivity contribution in [2.45, 2.75) is 77.9 Å². The molecule has 0 spiro atoms. The highest BCUT2D eigenvalue weighted by Crippen LogP contribution is 2.22. The molecule has 8 nitrogen and oxygen atoms in total. The van der Waals surface area contributed by atoms with E-state index >= 15 is 0 Å². The SMILES string of the molecule is CC[C@@H](C(=O)NC1CCCCC1)N(Cc1cccc(C)c1)C(=O)CN(c1cccc(C(C)=O)c1)S(C)(=O)=O. The van der Waals surface area contributed by atoms with Crippen molar-refractivity contribution in [2.75, 3.05) is 17.1 Å². The monoisotopic (exact) mass is 541 g/mol. The zero-order chi connectivity index (χ0) is 27.9. The number of aryl methyl sites for hydroxylation is 1. The van der Waals surface area contributed by atoms with Crippen LogP contribution in [0.1, 0.15) is 73.9 Å². The molecule has 3 rings (SSSR count). The first kappa shape index (κ1) is 29.4. The van der Waals surface area contributed by atoms with Gasteiger partial charge >= 0.3 is 0 Å². The minimum atomic E-state index is -3.87. The summed E-state index contributed by atoms with van der Waals surface area (Å²) in [6.45, 7) is 4.89. The average molecular weight is 542 g/mol. The number of carbonyl (C=O) groups excluding carboxylic acids is 3. The predicted molar refractivity (Wildman–Crippen MR) is 149 cm³/mol. The number of hydrogen-bond donors (Lipinski definition) is 1. The molecule has 9 heteroatoms. The lowest BCUT2D eigenvalue weighted by atomic mass is 9.95. The molecule has 1 aliphatic rings. The van der Waals surface area contributed by atoms with Crippen LogP contribution >= 0.6 is 0 Å². The number of hydrogen-bond acceptors (Lipinski definition) is 5. The molecule has 2 amide bonds. The molecule has 0 aromatic heterocycles. The highest BCUT2D eigenvalue weighted by atomic mass is 32.2. The maximum Gasteiger partial charge on any atom is 0.244 e. The maximum atomic E-state index is 13.9.